The summed E-state index contributed by atoms with van der Waals surface area (Å²) in [6.45, 7) is 9.86. The van der Waals surface area contributed by atoms with Crippen molar-refractivity contribution in [1.82, 2.24) is 34.4 Å². The number of anilines is 3. The molecule has 0 radical (unpaired) electrons. The number of benzene rings is 1. The molecule has 0 saturated carbocycles. The minimum absolute atomic E-state index is 0.0455. The van der Waals surface area contributed by atoms with Crippen LogP contribution in [-0.2, 0) is 4.74 Å². The van der Waals surface area contributed by atoms with Gasteiger partial charge in [0, 0.05) is 50.1 Å². The molecule has 1 atom stereocenters. The molecule has 44 heavy (non-hydrogen) atoms. The number of pyridine rings is 2. The van der Waals surface area contributed by atoms with E-state index < -0.39 is 5.60 Å². The van der Waals surface area contributed by atoms with Gasteiger partial charge in [-0.3, -0.25) is 0 Å². The molecule has 0 spiro atoms. The largest absolute Gasteiger partial charge is 0.490 e. The monoisotopic (exact) mass is 595 g/mol. The Balaban J connectivity index is 1.13. The number of nitrogens with one attached hydrogen (secondary N) is 1. The van der Waals surface area contributed by atoms with Crippen LogP contribution in [0.4, 0.5) is 22.1 Å². The van der Waals surface area contributed by atoms with Crippen LogP contribution in [0.25, 0.3) is 16.7 Å². The SMILES string of the molecule is Cc1cc(Nc2ncnc3cc4c(nc23)N2CCN(C(=O)OC(C)(C)C)C(CCO4)C2)ccc1Oc1ccn2ncnc2c1. The number of hydrogen-bond acceptors (Lipinski definition) is 11. The molecule has 6 heterocycles. The first kappa shape index (κ1) is 27.6. The molecule has 13 heteroatoms. The van der Waals surface area contributed by atoms with Crippen LogP contribution in [0.5, 0.6) is 17.2 Å². The molecule has 1 amide bonds. The van der Waals surface area contributed by atoms with Crippen molar-refractivity contribution < 1.29 is 19.0 Å². The van der Waals surface area contributed by atoms with Crippen molar-refractivity contribution in [2.45, 2.75) is 45.8 Å². The second-order valence-corrected chi connectivity index (χ2v) is 11.9. The van der Waals surface area contributed by atoms with Crippen molar-refractivity contribution in [3.63, 3.8) is 0 Å². The molecule has 226 valence electrons. The fraction of sp³-hybridized carbons (Fsp3) is 0.355. The molecule has 13 nitrogen and oxygen atoms in total. The van der Waals surface area contributed by atoms with Crippen LogP contribution in [0.1, 0.15) is 32.8 Å². The molecule has 2 bridgehead atoms. The first-order chi connectivity index (χ1) is 21.2. The second-order valence-electron chi connectivity index (χ2n) is 11.9. The lowest BCUT2D eigenvalue weighted by atomic mass is 10.1. The van der Waals surface area contributed by atoms with Crippen LogP contribution in [0.15, 0.2) is 55.2 Å². The molecule has 1 fully saturated rings. The van der Waals surface area contributed by atoms with Crippen LogP contribution in [0.2, 0.25) is 0 Å². The number of rotatable bonds is 4. The Labute approximate surface area is 253 Å². The van der Waals surface area contributed by atoms with Gasteiger partial charge in [0.1, 0.15) is 35.3 Å². The van der Waals surface area contributed by atoms with Gasteiger partial charge in [-0.05, 0) is 57.5 Å². The summed E-state index contributed by atoms with van der Waals surface area (Å²) in [6, 6.07) is 11.4. The number of carbonyl (C=O) groups excluding carboxylic acids is 1. The third-order valence-electron chi connectivity index (χ3n) is 7.59. The van der Waals surface area contributed by atoms with E-state index >= 15 is 0 Å². The normalized spacial score (nSPS) is 16.6. The van der Waals surface area contributed by atoms with Gasteiger partial charge in [0.25, 0.3) is 0 Å². The Bertz CT molecular complexity index is 1870. The molecular weight excluding hydrogens is 562 g/mol. The highest BCUT2D eigenvalue weighted by molar-refractivity contribution is 5.90. The molecule has 0 aliphatic carbocycles. The van der Waals surface area contributed by atoms with Crippen molar-refractivity contribution in [2.75, 3.05) is 36.5 Å². The molecule has 7 rings (SSSR count). The van der Waals surface area contributed by atoms with E-state index in [0.717, 1.165) is 17.0 Å². The molecule has 2 aliphatic heterocycles. The summed E-state index contributed by atoms with van der Waals surface area (Å²) in [5.74, 6) is 3.37. The number of carbonyl (C=O) groups is 1. The number of piperazine rings is 1. The molecule has 1 saturated heterocycles. The zero-order valence-electron chi connectivity index (χ0n) is 25.0. The highest BCUT2D eigenvalue weighted by atomic mass is 16.6. The maximum atomic E-state index is 12.9. The Hall–Kier alpha value is -5.20. The number of hydrogen-bond donors (Lipinski definition) is 1. The molecule has 1 unspecified atom stereocenters. The third-order valence-corrected chi connectivity index (χ3v) is 7.59. The average molecular weight is 596 g/mol. The Morgan fingerprint density at radius 2 is 1.95 bits per heavy atom. The number of ether oxygens (including phenoxy) is 3. The molecule has 2 aliphatic rings. The lowest BCUT2D eigenvalue weighted by molar-refractivity contribution is 0.0113. The third kappa shape index (κ3) is 5.48. The zero-order valence-corrected chi connectivity index (χ0v) is 25.0. The molecule has 1 N–H and O–H groups in total. The Kier molecular flexibility index (Phi) is 6.79. The van der Waals surface area contributed by atoms with E-state index in [1.165, 1.54) is 12.7 Å². The van der Waals surface area contributed by atoms with Crippen molar-refractivity contribution >= 4 is 40.1 Å². The van der Waals surface area contributed by atoms with Crippen LogP contribution in [0, 0.1) is 6.92 Å². The van der Waals surface area contributed by atoms with Gasteiger partial charge in [0.2, 0.25) is 0 Å². The van der Waals surface area contributed by atoms with Crippen LogP contribution >= 0.6 is 0 Å². The number of aryl methyl sites for hydroxylation is 1. The second kappa shape index (κ2) is 10.8. The molecule has 1 aromatic carbocycles. The smallest absolute Gasteiger partial charge is 0.410 e. The first-order valence-electron chi connectivity index (χ1n) is 14.6. The topological polar surface area (TPSA) is 132 Å². The van der Waals surface area contributed by atoms with E-state index in [1.54, 1.807) is 4.52 Å². The summed E-state index contributed by atoms with van der Waals surface area (Å²) in [7, 11) is 0. The van der Waals surface area contributed by atoms with Crippen molar-refractivity contribution in [2.24, 2.45) is 0 Å². The predicted octanol–water partition coefficient (Wildman–Crippen LogP) is 5.12. The summed E-state index contributed by atoms with van der Waals surface area (Å²) in [5.41, 5.74) is 3.23. The van der Waals surface area contributed by atoms with Crippen LogP contribution in [0.3, 0.4) is 0 Å². The van der Waals surface area contributed by atoms with Crippen molar-refractivity contribution in [3.8, 4) is 17.2 Å². The van der Waals surface area contributed by atoms with Gasteiger partial charge >= 0.3 is 6.09 Å². The van der Waals surface area contributed by atoms with E-state index in [9.17, 15) is 4.79 Å². The maximum Gasteiger partial charge on any atom is 0.410 e. The van der Waals surface area contributed by atoms with E-state index in [2.05, 4.69) is 30.3 Å². The predicted molar refractivity (Wildman–Crippen MR) is 164 cm³/mol. The fourth-order valence-corrected chi connectivity index (χ4v) is 5.51. The minimum Gasteiger partial charge on any atom is -0.490 e. The number of amides is 1. The summed E-state index contributed by atoms with van der Waals surface area (Å²) < 4.78 is 19.7. The van der Waals surface area contributed by atoms with Crippen molar-refractivity contribution in [3.05, 3.63) is 60.8 Å². The summed E-state index contributed by atoms with van der Waals surface area (Å²) in [6.07, 6.45) is 5.23. The number of nitrogens with zero attached hydrogens (tertiary/aromatic N) is 8. The highest BCUT2D eigenvalue weighted by Gasteiger charge is 2.36. The van der Waals surface area contributed by atoms with Gasteiger partial charge in [0.05, 0.1) is 18.2 Å². The first-order valence-corrected chi connectivity index (χ1v) is 14.6. The van der Waals surface area contributed by atoms with Gasteiger partial charge in [-0.15, -0.1) is 0 Å². The van der Waals surface area contributed by atoms with Gasteiger partial charge in [-0.1, -0.05) is 0 Å². The number of aromatic nitrogens is 6. The van der Waals surface area contributed by atoms with Crippen molar-refractivity contribution in [1.29, 1.82) is 0 Å². The van der Waals surface area contributed by atoms with Crippen LogP contribution in [-0.4, -0.2) is 78.4 Å². The molecule has 5 aromatic rings. The van der Waals surface area contributed by atoms with Gasteiger partial charge in [-0.2, -0.15) is 5.10 Å². The van der Waals surface area contributed by atoms with Crippen LogP contribution < -0.4 is 19.7 Å². The molecule has 4 aromatic heterocycles. The Morgan fingerprint density at radius 1 is 1.07 bits per heavy atom. The zero-order chi connectivity index (χ0) is 30.4. The summed E-state index contributed by atoms with van der Waals surface area (Å²) in [5, 5.41) is 7.54. The summed E-state index contributed by atoms with van der Waals surface area (Å²) >= 11 is 0. The summed E-state index contributed by atoms with van der Waals surface area (Å²) in [4.78, 5) is 35.1. The van der Waals surface area contributed by atoms with Gasteiger partial charge < -0.3 is 29.3 Å². The number of fused-ring (bicyclic) bond motifs is 6. The van der Waals surface area contributed by atoms with E-state index in [4.69, 9.17) is 19.2 Å². The highest BCUT2D eigenvalue weighted by Crippen LogP contribution is 2.36. The average Bonchev–Trinajstić information content (AvgIpc) is 3.45. The van der Waals surface area contributed by atoms with Gasteiger partial charge in [-0.25, -0.2) is 29.2 Å². The van der Waals surface area contributed by atoms with E-state index in [0.29, 0.717) is 72.5 Å². The minimum atomic E-state index is -0.553. The molecular formula is C31H33N9O4. The maximum absolute atomic E-state index is 12.9. The quantitative estimate of drug-likeness (QED) is 0.297. The van der Waals surface area contributed by atoms with E-state index in [-0.39, 0.29) is 12.1 Å². The lowest BCUT2D eigenvalue weighted by Crippen LogP contribution is -2.57. The fourth-order valence-electron chi connectivity index (χ4n) is 5.51. The van der Waals surface area contributed by atoms with Gasteiger partial charge in [0.15, 0.2) is 23.0 Å². The Morgan fingerprint density at radius 3 is 2.80 bits per heavy atom. The lowest BCUT2D eigenvalue weighted by Gasteiger charge is -2.43. The van der Waals surface area contributed by atoms with E-state index in [1.807, 2.05) is 75.2 Å². The standard InChI is InChI=1S/C31H33N9O4/c1-19-13-20(5-6-24(19)43-22-7-9-40-26(14-22)33-18-35-40)36-28-27-23(32-17-34-28)15-25-29(37-27)38-10-11-39(21(16-38)8-12-42-25)30(41)44-31(2,3)4/h5-7,9,13-15,17-18,21H,8,10-12,16H2,1-4H3,(H,32,34,36).